The van der Waals surface area contributed by atoms with Crippen LogP contribution >= 0.6 is 11.6 Å². The Balaban J connectivity index is 1.31. The van der Waals surface area contributed by atoms with Crippen LogP contribution in [-0.2, 0) is 20.4 Å². The third-order valence-electron chi connectivity index (χ3n) is 7.15. The first-order valence-corrected chi connectivity index (χ1v) is 13.9. The SMILES string of the molecule is CN(C)S(=O)(=O)c1ccc(NC2CN(C3CCN(C(=O)C(O)(c4ccccc4)C(F)(F)F)CC3)C2)cc1Cl. The number of amides is 1. The van der Waals surface area contributed by atoms with Crippen molar-refractivity contribution < 1.29 is 31.5 Å². The molecule has 0 spiro atoms. The van der Waals surface area contributed by atoms with Crippen LogP contribution in [0.15, 0.2) is 53.4 Å². The predicted octanol–water partition coefficient (Wildman–Crippen LogP) is 3.13. The third kappa shape index (κ3) is 5.37. The Bertz CT molecular complexity index is 1270. The summed E-state index contributed by atoms with van der Waals surface area (Å²) < 4.78 is 67.4. The monoisotopic (exact) mass is 574 g/mol. The Kier molecular flexibility index (Phi) is 8.02. The van der Waals surface area contributed by atoms with Crippen molar-refractivity contribution in [3.63, 3.8) is 0 Å². The van der Waals surface area contributed by atoms with Crippen LogP contribution in [0.3, 0.4) is 0 Å². The van der Waals surface area contributed by atoms with Gasteiger partial charge in [-0.05, 0) is 31.0 Å². The van der Waals surface area contributed by atoms with Crippen LogP contribution in [0.25, 0.3) is 0 Å². The third-order valence-corrected chi connectivity index (χ3v) is 9.45. The second-order valence-corrected chi connectivity index (χ2v) is 12.4. The molecule has 38 heavy (non-hydrogen) atoms. The number of carbonyl (C=O) groups excluding carboxylic acids is 1. The van der Waals surface area contributed by atoms with Crippen LogP contribution in [0.4, 0.5) is 18.9 Å². The molecule has 2 saturated heterocycles. The molecule has 2 aromatic carbocycles. The highest BCUT2D eigenvalue weighted by Crippen LogP contribution is 2.41. The number of piperidine rings is 1. The number of halogens is 4. The van der Waals surface area contributed by atoms with Gasteiger partial charge in [0.05, 0.1) is 11.1 Å². The number of nitrogens with one attached hydrogen (secondary N) is 1. The number of rotatable bonds is 7. The first-order valence-electron chi connectivity index (χ1n) is 12.1. The fourth-order valence-electron chi connectivity index (χ4n) is 4.88. The summed E-state index contributed by atoms with van der Waals surface area (Å²) in [6.45, 7) is 1.59. The molecule has 0 saturated carbocycles. The van der Waals surface area contributed by atoms with Gasteiger partial charge in [0.15, 0.2) is 0 Å². The maximum absolute atomic E-state index is 13.9. The summed E-state index contributed by atoms with van der Waals surface area (Å²) in [6, 6.07) is 11.3. The van der Waals surface area contributed by atoms with Gasteiger partial charge in [0.25, 0.3) is 11.5 Å². The van der Waals surface area contributed by atoms with Crippen LogP contribution in [0.1, 0.15) is 18.4 Å². The zero-order valence-electron chi connectivity index (χ0n) is 20.9. The van der Waals surface area contributed by atoms with Gasteiger partial charge in [0.1, 0.15) is 4.90 Å². The van der Waals surface area contributed by atoms with E-state index in [-0.39, 0.29) is 35.1 Å². The Morgan fingerprint density at radius 1 is 1.08 bits per heavy atom. The molecule has 2 aromatic rings. The number of carbonyl (C=O) groups is 1. The van der Waals surface area contributed by atoms with Gasteiger partial charge in [-0.2, -0.15) is 13.2 Å². The van der Waals surface area contributed by atoms with Crippen molar-refractivity contribution in [2.45, 2.75) is 41.6 Å². The summed E-state index contributed by atoms with van der Waals surface area (Å²) in [5, 5.41) is 14.0. The van der Waals surface area contributed by atoms with Crippen LogP contribution in [0.5, 0.6) is 0 Å². The van der Waals surface area contributed by atoms with E-state index in [9.17, 15) is 31.5 Å². The maximum atomic E-state index is 13.9. The van der Waals surface area contributed by atoms with Crippen molar-refractivity contribution in [1.29, 1.82) is 0 Å². The number of benzene rings is 2. The average molecular weight is 575 g/mol. The summed E-state index contributed by atoms with van der Waals surface area (Å²) in [4.78, 5) is 16.2. The minimum atomic E-state index is -5.16. The molecule has 1 atom stereocenters. The largest absolute Gasteiger partial charge is 0.430 e. The number of nitrogens with zero attached hydrogens (tertiary/aromatic N) is 3. The van der Waals surface area contributed by atoms with Crippen LogP contribution in [0.2, 0.25) is 5.02 Å². The fraction of sp³-hybridized carbons (Fsp3) is 0.480. The zero-order valence-corrected chi connectivity index (χ0v) is 22.5. The van der Waals surface area contributed by atoms with E-state index in [2.05, 4.69) is 10.2 Å². The molecular weight excluding hydrogens is 545 g/mol. The number of alkyl halides is 3. The van der Waals surface area contributed by atoms with Crippen LogP contribution in [-0.4, -0.2) is 92.1 Å². The Hall–Kier alpha value is -2.38. The normalized spacial score (nSPS) is 19.7. The summed E-state index contributed by atoms with van der Waals surface area (Å²) in [6.07, 6.45) is -4.18. The van der Waals surface area contributed by atoms with Gasteiger partial charge in [0, 0.05) is 57.6 Å². The lowest BCUT2D eigenvalue weighted by molar-refractivity contribution is -0.262. The van der Waals surface area contributed by atoms with Crippen molar-refractivity contribution in [2.24, 2.45) is 0 Å². The van der Waals surface area contributed by atoms with Crippen molar-refractivity contribution in [3.8, 4) is 0 Å². The first kappa shape index (κ1) is 28.6. The molecule has 1 unspecified atom stereocenters. The van der Waals surface area contributed by atoms with E-state index in [1.54, 1.807) is 12.1 Å². The van der Waals surface area contributed by atoms with Gasteiger partial charge in [0.2, 0.25) is 10.0 Å². The molecule has 13 heteroatoms. The number of aliphatic hydroxyl groups is 1. The highest BCUT2D eigenvalue weighted by Gasteiger charge is 2.62. The molecule has 8 nitrogen and oxygen atoms in total. The molecule has 2 aliphatic rings. The number of likely N-dealkylation sites (tertiary alicyclic amines) is 2. The minimum absolute atomic E-state index is 0.0240. The van der Waals surface area contributed by atoms with E-state index in [0.29, 0.717) is 31.6 Å². The Morgan fingerprint density at radius 3 is 2.21 bits per heavy atom. The minimum Gasteiger partial charge on any atom is -0.380 e. The summed E-state index contributed by atoms with van der Waals surface area (Å²) >= 11 is 6.21. The fourth-order valence-corrected chi connectivity index (χ4v) is 6.30. The standard InChI is InChI=1S/C25H30ClF3N4O4S/c1-31(2)38(36,37)22-9-8-18(14-21(22)26)30-19-15-33(16-19)20-10-12-32(13-11-20)23(34)24(35,25(27,28)29)17-6-4-3-5-7-17/h3-9,14,19-20,30,35H,10-13,15-16H2,1-2H3. The van der Waals surface area contributed by atoms with E-state index in [4.69, 9.17) is 11.6 Å². The predicted molar refractivity (Wildman–Crippen MR) is 137 cm³/mol. The van der Waals surface area contributed by atoms with Crippen molar-refractivity contribution >= 4 is 33.2 Å². The Morgan fingerprint density at radius 2 is 1.68 bits per heavy atom. The van der Waals surface area contributed by atoms with Gasteiger partial charge in [-0.15, -0.1) is 0 Å². The molecule has 2 N–H and O–H groups in total. The number of hydrogen-bond acceptors (Lipinski definition) is 6. The average Bonchev–Trinajstić information content (AvgIpc) is 2.84. The summed E-state index contributed by atoms with van der Waals surface area (Å²) in [5.74, 6) is -1.35. The first-order chi connectivity index (χ1) is 17.7. The van der Waals surface area contributed by atoms with E-state index >= 15 is 0 Å². The number of hydrogen-bond donors (Lipinski definition) is 2. The van der Waals surface area contributed by atoms with E-state index in [1.165, 1.54) is 38.4 Å². The maximum Gasteiger partial charge on any atom is 0.430 e. The molecule has 2 aliphatic heterocycles. The van der Waals surface area contributed by atoms with Crippen molar-refractivity contribution in [1.82, 2.24) is 14.1 Å². The van der Waals surface area contributed by atoms with Gasteiger partial charge in [-0.1, -0.05) is 41.9 Å². The summed E-state index contributed by atoms with van der Waals surface area (Å²) in [7, 11) is -0.789. The molecule has 4 rings (SSSR count). The molecular formula is C25H30ClF3N4O4S. The molecule has 2 fully saturated rings. The van der Waals surface area contributed by atoms with Gasteiger partial charge >= 0.3 is 6.18 Å². The molecule has 1 amide bonds. The highest BCUT2D eigenvalue weighted by molar-refractivity contribution is 7.89. The van der Waals surface area contributed by atoms with Crippen molar-refractivity contribution in [2.75, 3.05) is 45.6 Å². The van der Waals surface area contributed by atoms with Crippen LogP contribution < -0.4 is 5.32 Å². The highest BCUT2D eigenvalue weighted by atomic mass is 35.5. The lowest BCUT2D eigenvalue weighted by atomic mass is 9.89. The van der Waals surface area contributed by atoms with Crippen molar-refractivity contribution in [3.05, 3.63) is 59.1 Å². The lowest BCUT2D eigenvalue weighted by Crippen LogP contribution is -2.62. The van der Waals surface area contributed by atoms with Gasteiger partial charge in [-0.25, -0.2) is 12.7 Å². The molecule has 0 aromatic heterocycles. The quantitative estimate of drug-likeness (QED) is 0.528. The second-order valence-electron chi connectivity index (χ2n) is 9.83. The molecule has 2 heterocycles. The number of sulfonamides is 1. The number of anilines is 1. The van der Waals surface area contributed by atoms with E-state index in [1.807, 2.05) is 0 Å². The topological polar surface area (TPSA) is 93.2 Å². The molecule has 0 aliphatic carbocycles. The summed E-state index contributed by atoms with van der Waals surface area (Å²) in [5.41, 5.74) is -3.40. The smallest absolute Gasteiger partial charge is 0.380 e. The van der Waals surface area contributed by atoms with Crippen LogP contribution in [0, 0.1) is 0 Å². The molecule has 208 valence electrons. The molecule has 0 radical (unpaired) electrons. The molecule has 0 bridgehead atoms. The lowest BCUT2D eigenvalue weighted by Gasteiger charge is -2.48. The second kappa shape index (κ2) is 10.6. The van der Waals surface area contributed by atoms with Gasteiger partial charge < -0.3 is 15.3 Å². The zero-order chi connectivity index (χ0) is 27.9. The van der Waals surface area contributed by atoms with E-state index < -0.39 is 33.3 Å². The van der Waals surface area contributed by atoms with E-state index in [0.717, 1.165) is 21.3 Å². The Labute approximate surface area is 225 Å². The van der Waals surface area contributed by atoms with Gasteiger partial charge in [-0.3, -0.25) is 9.69 Å².